The van der Waals surface area contributed by atoms with Gasteiger partial charge < -0.3 is 16.3 Å². The predicted octanol–water partition coefficient (Wildman–Crippen LogP) is 2.50. The molecule has 0 spiro atoms. The van der Waals surface area contributed by atoms with Crippen molar-refractivity contribution in [2.75, 3.05) is 6.54 Å². The summed E-state index contributed by atoms with van der Waals surface area (Å²) in [5.74, 6) is 0.0130. The van der Waals surface area contributed by atoms with Gasteiger partial charge in [0.05, 0.1) is 11.5 Å². The van der Waals surface area contributed by atoms with Crippen molar-refractivity contribution in [3.8, 4) is 0 Å². The summed E-state index contributed by atoms with van der Waals surface area (Å²) in [6.45, 7) is 4.70. The van der Waals surface area contributed by atoms with E-state index in [2.05, 4.69) is 29.3 Å². The Kier molecular flexibility index (Phi) is 4.93. The molecule has 0 aliphatic heterocycles. The molecule has 0 amide bonds. The van der Waals surface area contributed by atoms with E-state index >= 15 is 0 Å². The van der Waals surface area contributed by atoms with Gasteiger partial charge in [-0.1, -0.05) is 35.5 Å². The van der Waals surface area contributed by atoms with Gasteiger partial charge in [0.2, 0.25) is 0 Å². The Hall–Kier alpha value is -1.92. The van der Waals surface area contributed by atoms with Gasteiger partial charge in [0.1, 0.15) is 10.8 Å². The lowest BCUT2D eigenvalue weighted by atomic mass is 9.96. The average Bonchev–Trinajstić information content (AvgIpc) is 3.03. The second-order valence-corrected chi connectivity index (χ2v) is 6.23. The highest BCUT2D eigenvalue weighted by Gasteiger charge is 2.25. The summed E-state index contributed by atoms with van der Waals surface area (Å²) in [6, 6.07) is 9.78. The number of nitrogens with zero attached hydrogens (tertiary/aromatic N) is 2. The van der Waals surface area contributed by atoms with Gasteiger partial charge in [-0.3, -0.25) is 0 Å². The van der Waals surface area contributed by atoms with E-state index < -0.39 is 0 Å². The highest BCUT2D eigenvalue weighted by molar-refractivity contribution is 7.09. The number of rotatable bonds is 6. The van der Waals surface area contributed by atoms with Gasteiger partial charge in [0.15, 0.2) is 0 Å². The summed E-state index contributed by atoms with van der Waals surface area (Å²) in [6.07, 6.45) is 1.79. The Morgan fingerprint density at radius 3 is 2.71 bits per heavy atom. The number of nitrogens with two attached hydrogens (primary N) is 1. The summed E-state index contributed by atoms with van der Waals surface area (Å²) in [7, 11) is 0. The second-order valence-electron chi connectivity index (χ2n) is 5.33. The van der Waals surface area contributed by atoms with Crippen molar-refractivity contribution in [1.82, 2.24) is 10.3 Å². The summed E-state index contributed by atoms with van der Waals surface area (Å²) in [5, 5.41) is 18.6. The number of oxime groups is 1. The molecule has 1 atom stereocenters. The third-order valence-electron chi connectivity index (χ3n) is 3.39. The number of nitrogens with one attached hydrogen (secondary N) is 1. The van der Waals surface area contributed by atoms with Crippen molar-refractivity contribution in [3.63, 3.8) is 0 Å². The molecule has 0 aliphatic rings. The third kappa shape index (κ3) is 3.80. The summed E-state index contributed by atoms with van der Waals surface area (Å²) >= 11 is 1.61. The zero-order chi connectivity index (χ0) is 15.3. The molecule has 1 unspecified atom stereocenters. The molecule has 6 heteroatoms. The number of amidine groups is 1. The topological polar surface area (TPSA) is 83.5 Å². The van der Waals surface area contributed by atoms with Crippen LogP contribution >= 0.6 is 11.3 Å². The second kappa shape index (κ2) is 6.69. The van der Waals surface area contributed by atoms with Crippen LogP contribution in [0.1, 0.15) is 30.3 Å². The van der Waals surface area contributed by atoms with E-state index in [0.717, 1.165) is 10.6 Å². The van der Waals surface area contributed by atoms with Crippen LogP contribution in [-0.2, 0) is 5.54 Å². The zero-order valence-electron chi connectivity index (χ0n) is 12.2. The van der Waals surface area contributed by atoms with Crippen molar-refractivity contribution < 1.29 is 5.21 Å². The van der Waals surface area contributed by atoms with Crippen LogP contribution in [0.15, 0.2) is 47.1 Å². The molecular weight excluding hydrogens is 284 g/mol. The van der Waals surface area contributed by atoms with E-state index in [1.165, 1.54) is 0 Å². The quantitative estimate of drug-likeness (QED) is 0.331. The lowest BCUT2D eigenvalue weighted by Crippen LogP contribution is -2.41. The fraction of sp³-hybridized carbons (Fsp3) is 0.333. The molecule has 1 aromatic carbocycles. The minimum atomic E-state index is -0.267. The van der Waals surface area contributed by atoms with Crippen LogP contribution in [0.4, 0.5) is 0 Å². The molecule has 21 heavy (non-hydrogen) atoms. The van der Waals surface area contributed by atoms with E-state index in [1.807, 2.05) is 35.7 Å². The van der Waals surface area contributed by atoms with E-state index in [4.69, 9.17) is 10.9 Å². The standard InChI is InChI=1S/C15H20N4OS/c1-15(2,14-17-8-9-21-14)18-10-12(13(16)19-20)11-6-4-3-5-7-11/h3-9,12,18,20H,10H2,1-2H3,(H2,16,19). The number of hydrogen-bond acceptors (Lipinski definition) is 5. The molecule has 0 saturated heterocycles. The maximum Gasteiger partial charge on any atom is 0.147 e. The minimum absolute atomic E-state index is 0.185. The average molecular weight is 304 g/mol. The van der Waals surface area contributed by atoms with E-state index in [-0.39, 0.29) is 17.3 Å². The van der Waals surface area contributed by atoms with Gasteiger partial charge in [-0.15, -0.1) is 11.3 Å². The number of benzene rings is 1. The summed E-state index contributed by atoms with van der Waals surface area (Å²) < 4.78 is 0. The van der Waals surface area contributed by atoms with E-state index in [9.17, 15) is 0 Å². The SMILES string of the molecule is CC(C)(NCC(/C(N)=N/O)c1ccccc1)c1nccs1. The van der Waals surface area contributed by atoms with Crippen molar-refractivity contribution in [2.24, 2.45) is 10.9 Å². The number of thiazole rings is 1. The highest BCUT2D eigenvalue weighted by atomic mass is 32.1. The molecule has 0 fully saturated rings. The smallest absolute Gasteiger partial charge is 0.147 e. The highest BCUT2D eigenvalue weighted by Crippen LogP contribution is 2.23. The van der Waals surface area contributed by atoms with Crippen LogP contribution in [0.2, 0.25) is 0 Å². The van der Waals surface area contributed by atoms with Gasteiger partial charge in [0, 0.05) is 18.1 Å². The van der Waals surface area contributed by atoms with Gasteiger partial charge in [0.25, 0.3) is 0 Å². The van der Waals surface area contributed by atoms with Gasteiger partial charge in [-0.2, -0.15) is 0 Å². The molecule has 1 aromatic heterocycles. The summed E-state index contributed by atoms with van der Waals surface area (Å²) in [5.41, 5.74) is 6.59. The number of hydrogen-bond donors (Lipinski definition) is 3. The first kappa shape index (κ1) is 15.5. The van der Waals surface area contributed by atoms with Crippen LogP contribution in [0, 0.1) is 0 Å². The number of aromatic nitrogens is 1. The monoisotopic (exact) mass is 304 g/mol. The zero-order valence-corrected chi connectivity index (χ0v) is 13.0. The Morgan fingerprint density at radius 1 is 1.43 bits per heavy atom. The molecular formula is C15H20N4OS. The lowest BCUT2D eigenvalue weighted by Gasteiger charge is -2.27. The minimum Gasteiger partial charge on any atom is -0.409 e. The molecule has 1 heterocycles. The van der Waals surface area contributed by atoms with Crippen LogP contribution < -0.4 is 11.1 Å². The molecule has 5 nitrogen and oxygen atoms in total. The maximum atomic E-state index is 9.00. The fourth-order valence-corrected chi connectivity index (χ4v) is 2.85. The van der Waals surface area contributed by atoms with Crippen LogP contribution in [0.25, 0.3) is 0 Å². The molecule has 2 aromatic rings. The first-order valence-corrected chi connectivity index (χ1v) is 7.60. The van der Waals surface area contributed by atoms with Crippen LogP contribution in [0.5, 0.6) is 0 Å². The van der Waals surface area contributed by atoms with Gasteiger partial charge in [-0.25, -0.2) is 4.98 Å². The maximum absolute atomic E-state index is 9.00. The Morgan fingerprint density at radius 2 is 2.14 bits per heavy atom. The largest absolute Gasteiger partial charge is 0.409 e. The van der Waals surface area contributed by atoms with Gasteiger partial charge in [-0.05, 0) is 19.4 Å². The van der Waals surface area contributed by atoms with Crippen LogP contribution in [0.3, 0.4) is 0 Å². The van der Waals surface area contributed by atoms with Crippen molar-refractivity contribution in [3.05, 3.63) is 52.5 Å². The Labute approximate surface area is 128 Å². The van der Waals surface area contributed by atoms with Crippen molar-refractivity contribution >= 4 is 17.2 Å². The summed E-state index contributed by atoms with van der Waals surface area (Å²) in [4.78, 5) is 4.35. The molecule has 4 N–H and O–H groups in total. The molecule has 0 radical (unpaired) electrons. The molecule has 112 valence electrons. The molecule has 2 rings (SSSR count). The predicted molar refractivity (Wildman–Crippen MR) is 85.7 cm³/mol. The van der Waals surface area contributed by atoms with Crippen LogP contribution in [-0.4, -0.2) is 22.6 Å². The lowest BCUT2D eigenvalue weighted by molar-refractivity contribution is 0.314. The first-order chi connectivity index (χ1) is 10.0. The van der Waals surface area contributed by atoms with Crippen molar-refractivity contribution in [1.29, 1.82) is 0 Å². The van der Waals surface area contributed by atoms with Gasteiger partial charge >= 0.3 is 0 Å². The van der Waals surface area contributed by atoms with E-state index in [1.54, 1.807) is 17.5 Å². The van der Waals surface area contributed by atoms with Crippen molar-refractivity contribution in [2.45, 2.75) is 25.3 Å². The first-order valence-electron chi connectivity index (χ1n) is 6.72. The third-order valence-corrected chi connectivity index (χ3v) is 4.49. The molecule has 0 saturated carbocycles. The normalized spacial score (nSPS) is 14.1. The Balaban J connectivity index is 2.14. The Bertz CT molecular complexity index is 581. The molecule has 0 bridgehead atoms. The molecule has 0 aliphatic carbocycles. The fourth-order valence-electron chi connectivity index (χ4n) is 2.11. The van der Waals surface area contributed by atoms with E-state index in [0.29, 0.717) is 6.54 Å².